The Hall–Kier alpha value is -2.18. The average molecular weight is 336 g/mol. The van der Waals surface area contributed by atoms with Crippen LogP contribution in [0.3, 0.4) is 0 Å². The van der Waals surface area contributed by atoms with Crippen molar-refractivity contribution in [2.75, 3.05) is 12.4 Å². The van der Waals surface area contributed by atoms with Gasteiger partial charge in [-0.15, -0.1) is 23.7 Å². The minimum atomic E-state index is -0.348. The number of nitrogens with one attached hydrogen (secondary N) is 1. The van der Waals surface area contributed by atoms with E-state index < -0.39 is 0 Å². The number of ether oxygens (including phenoxy) is 1. The molecule has 0 aliphatic rings. The molecule has 7 heteroatoms. The summed E-state index contributed by atoms with van der Waals surface area (Å²) in [5.41, 5.74) is 1.37. The number of benzene rings is 1. The van der Waals surface area contributed by atoms with E-state index in [9.17, 15) is 4.79 Å². The van der Waals surface area contributed by atoms with Crippen LogP contribution in [0.15, 0.2) is 36.7 Å². The Kier molecular flexibility index (Phi) is 4.95. The molecule has 3 rings (SSSR count). The molecule has 22 heavy (non-hydrogen) atoms. The van der Waals surface area contributed by atoms with Crippen LogP contribution in [0.5, 0.6) is 0 Å². The van der Waals surface area contributed by atoms with Crippen molar-refractivity contribution < 1.29 is 9.53 Å². The third kappa shape index (κ3) is 3.18. The maximum atomic E-state index is 11.4. The highest BCUT2D eigenvalue weighted by molar-refractivity contribution is 7.18. The van der Waals surface area contributed by atoms with Crippen molar-refractivity contribution in [3.05, 3.63) is 47.1 Å². The lowest BCUT2D eigenvalue weighted by Crippen LogP contribution is -2.01. The van der Waals surface area contributed by atoms with E-state index in [4.69, 9.17) is 0 Å². The van der Waals surface area contributed by atoms with Crippen molar-refractivity contribution in [1.82, 2.24) is 9.97 Å². The predicted molar refractivity (Wildman–Crippen MR) is 90.5 cm³/mol. The highest BCUT2D eigenvalue weighted by Gasteiger charge is 2.08. The minimum absolute atomic E-state index is 0. The maximum Gasteiger partial charge on any atom is 0.337 e. The van der Waals surface area contributed by atoms with Crippen molar-refractivity contribution in [2.45, 2.75) is 6.92 Å². The summed E-state index contributed by atoms with van der Waals surface area (Å²) in [6.45, 7) is 2.04. The van der Waals surface area contributed by atoms with Crippen LogP contribution >= 0.6 is 23.7 Å². The van der Waals surface area contributed by atoms with Crippen LogP contribution in [0.25, 0.3) is 10.2 Å². The number of carbonyl (C=O) groups is 1. The number of nitrogens with zero attached hydrogens (tertiary/aromatic N) is 2. The molecule has 0 bridgehead atoms. The smallest absolute Gasteiger partial charge is 0.337 e. The van der Waals surface area contributed by atoms with Crippen LogP contribution in [-0.4, -0.2) is 23.0 Å². The Labute approximate surface area is 137 Å². The van der Waals surface area contributed by atoms with Gasteiger partial charge < -0.3 is 10.1 Å². The summed E-state index contributed by atoms with van der Waals surface area (Å²) in [7, 11) is 1.37. The second kappa shape index (κ2) is 6.72. The fourth-order valence-corrected chi connectivity index (χ4v) is 2.87. The predicted octanol–water partition coefficient (Wildman–Crippen LogP) is 3.95. The van der Waals surface area contributed by atoms with E-state index in [1.807, 2.05) is 19.1 Å². The highest BCUT2D eigenvalue weighted by Crippen LogP contribution is 2.29. The zero-order valence-electron chi connectivity index (χ0n) is 12.0. The molecule has 0 atom stereocenters. The number of aromatic nitrogens is 2. The van der Waals surface area contributed by atoms with E-state index in [2.05, 4.69) is 26.1 Å². The lowest BCUT2D eigenvalue weighted by atomic mass is 10.2. The maximum absolute atomic E-state index is 11.4. The first-order chi connectivity index (χ1) is 10.2. The molecule has 114 valence electrons. The van der Waals surface area contributed by atoms with Gasteiger partial charge in [-0.25, -0.2) is 14.8 Å². The van der Waals surface area contributed by atoms with Crippen LogP contribution < -0.4 is 5.32 Å². The first kappa shape index (κ1) is 16.2. The first-order valence-electron chi connectivity index (χ1n) is 6.34. The SMILES string of the molecule is COC(=O)c1ccc(Nc2ncnc3sc(C)cc23)cc1.Cl. The Morgan fingerprint density at radius 2 is 1.95 bits per heavy atom. The van der Waals surface area contributed by atoms with Crippen molar-refractivity contribution in [3.8, 4) is 0 Å². The van der Waals surface area contributed by atoms with E-state index in [1.54, 1.807) is 29.8 Å². The summed E-state index contributed by atoms with van der Waals surface area (Å²) in [6.07, 6.45) is 1.55. The van der Waals surface area contributed by atoms with E-state index in [1.165, 1.54) is 12.0 Å². The van der Waals surface area contributed by atoms with Crippen LogP contribution in [-0.2, 0) is 4.74 Å². The second-order valence-electron chi connectivity index (χ2n) is 4.49. The fraction of sp³-hybridized carbons (Fsp3) is 0.133. The van der Waals surface area contributed by atoms with Crippen molar-refractivity contribution >= 4 is 51.4 Å². The Balaban J connectivity index is 0.00000176. The van der Waals surface area contributed by atoms with Gasteiger partial charge >= 0.3 is 5.97 Å². The second-order valence-corrected chi connectivity index (χ2v) is 5.73. The van der Waals surface area contributed by atoms with Gasteiger partial charge in [-0.3, -0.25) is 0 Å². The van der Waals surface area contributed by atoms with E-state index in [0.717, 1.165) is 21.7 Å². The highest BCUT2D eigenvalue weighted by atomic mass is 35.5. The summed E-state index contributed by atoms with van der Waals surface area (Å²) in [4.78, 5) is 22.1. The number of fused-ring (bicyclic) bond motifs is 1. The molecule has 2 aromatic heterocycles. The fourth-order valence-electron chi connectivity index (χ4n) is 2.02. The topological polar surface area (TPSA) is 64.1 Å². The van der Waals surface area contributed by atoms with Gasteiger partial charge in [0, 0.05) is 10.6 Å². The number of hydrogen-bond acceptors (Lipinski definition) is 6. The van der Waals surface area contributed by atoms with Gasteiger partial charge in [0.2, 0.25) is 0 Å². The lowest BCUT2D eigenvalue weighted by Gasteiger charge is -2.07. The zero-order chi connectivity index (χ0) is 14.8. The monoisotopic (exact) mass is 335 g/mol. The Morgan fingerprint density at radius 3 is 2.64 bits per heavy atom. The number of anilines is 2. The summed E-state index contributed by atoms with van der Waals surface area (Å²) >= 11 is 1.63. The number of aryl methyl sites for hydroxylation is 1. The van der Waals surface area contributed by atoms with E-state index in [0.29, 0.717) is 5.56 Å². The van der Waals surface area contributed by atoms with Gasteiger partial charge in [-0.1, -0.05) is 0 Å². The van der Waals surface area contributed by atoms with E-state index >= 15 is 0 Å². The van der Waals surface area contributed by atoms with Crippen LogP contribution in [0.2, 0.25) is 0 Å². The minimum Gasteiger partial charge on any atom is -0.465 e. The van der Waals surface area contributed by atoms with Gasteiger partial charge in [0.25, 0.3) is 0 Å². The number of methoxy groups -OCH3 is 1. The lowest BCUT2D eigenvalue weighted by molar-refractivity contribution is 0.0601. The summed E-state index contributed by atoms with van der Waals surface area (Å²) < 4.78 is 4.68. The van der Waals surface area contributed by atoms with Gasteiger partial charge in [0.15, 0.2) is 0 Å². The molecule has 0 aliphatic heterocycles. The molecule has 0 fully saturated rings. The molecule has 3 aromatic rings. The van der Waals surface area contributed by atoms with Crippen LogP contribution in [0.4, 0.5) is 11.5 Å². The number of hydrogen-bond donors (Lipinski definition) is 1. The summed E-state index contributed by atoms with van der Waals surface area (Å²) in [5, 5.41) is 4.25. The van der Waals surface area contributed by atoms with Crippen molar-refractivity contribution in [1.29, 1.82) is 0 Å². The molecule has 0 aliphatic carbocycles. The third-order valence-corrected chi connectivity index (χ3v) is 3.98. The standard InChI is InChI=1S/C15H13N3O2S.ClH/c1-9-7-12-13(16-8-17-14(12)21-9)18-11-5-3-10(4-6-11)15(19)20-2;/h3-8H,1-2H3,(H,16,17,18);1H. The average Bonchev–Trinajstić information content (AvgIpc) is 2.88. The van der Waals surface area contributed by atoms with Gasteiger partial charge in [0.05, 0.1) is 18.1 Å². The quantitative estimate of drug-likeness (QED) is 0.734. The first-order valence-corrected chi connectivity index (χ1v) is 7.15. The Morgan fingerprint density at radius 1 is 1.23 bits per heavy atom. The number of carbonyl (C=O) groups excluding carboxylic acids is 1. The van der Waals surface area contributed by atoms with Gasteiger partial charge in [0.1, 0.15) is 17.0 Å². The number of thiophene rings is 1. The zero-order valence-corrected chi connectivity index (χ0v) is 13.6. The van der Waals surface area contributed by atoms with Gasteiger partial charge in [-0.2, -0.15) is 0 Å². The molecule has 2 heterocycles. The molecule has 0 amide bonds. The normalized spacial score (nSPS) is 10.1. The molecular weight excluding hydrogens is 322 g/mol. The van der Waals surface area contributed by atoms with Crippen molar-refractivity contribution in [3.63, 3.8) is 0 Å². The van der Waals surface area contributed by atoms with Crippen LogP contribution in [0, 0.1) is 6.92 Å². The summed E-state index contributed by atoms with van der Waals surface area (Å²) in [5.74, 6) is 0.412. The van der Waals surface area contributed by atoms with E-state index in [-0.39, 0.29) is 18.4 Å². The number of esters is 1. The molecule has 0 saturated carbocycles. The molecule has 1 aromatic carbocycles. The largest absolute Gasteiger partial charge is 0.465 e. The summed E-state index contributed by atoms with van der Waals surface area (Å²) in [6, 6.07) is 9.13. The number of halogens is 1. The Bertz CT molecular complexity index is 802. The molecule has 1 N–H and O–H groups in total. The third-order valence-electron chi connectivity index (χ3n) is 3.02. The molecule has 0 radical (unpaired) electrons. The van der Waals surface area contributed by atoms with Gasteiger partial charge in [-0.05, 0) is 37.3 Å². The molecule has 5 nitrogen and oxygen atoms in total. The van der Waals surface area contributed by atoms with Crippen LogP contribution in [0.1, 0.15) is 15.2 Å². The molecular formula is C15H14ClN3O2S. The molecule has 0 unspecified atom stereocenters. The van der Waals surface area contributed by atoms with Crippen molar-refractivity contribution in [2.24, 2.45) is 0 Å². The number of rotatable bonds is 3. The molecule has 0 saturated heterocycles. The molecule has 0 spiro atoms.